The molecule has 0 saturated carbocycles. The van der Waals surface area contributed by atoms with E-state index in [4.69, 9.17) is 16.0 Å². The van der Waals surface area contributed by atoms with E-state index in [-0.39, 0.29) is 5.91 Å². The van der Waals surface area contributed by atoms with Crippen LogP contribution in [0.25, 0.3) is 11.1 Å². The Morgan fingerprint density at radius 2 is 2.17 bits per heavy atom. The van der Waals surface area contributed by atoms with E-state index < -0.39 is 0 Å². The van der Waals surface area contributed by atoms with Crippen LogP contribution in [0.2, 0.25) is 5.02 Å². The molecule has 0 bridgehead atoms. The number of carbonyl (C=O) groups excluding carboxylic acids is 1. The second kappa shape index (κ2) is 5.91. The molecule has 4 rings (SSSR count). The predicted molar refractivity (Wildman–Crippen MR) is 92.2 cm³/mol. The van der Waals surface area contributed by atoms with Crippen LogP contribution in [0.15, 0.2) is 52.1 Å². The lowest BCUT2D eigenvalue weighted by Crippen LogP contribution is -2.30. The molecule has 2 heterocycles. The summed E-state index contributed by atoms with van der Waals surface area (Å²) < 4.78 is 5.63. The van der Waals surface area contributed by atoms with Gasteiger partial charge < -0.3 is 9.32 Å². The number of aromatic nitrogens is 1. The summed E-state index contributed by atoms with van der Waals surface area (Å²) in [6, 6.07) is 13.3. The number of anilines is 1. The van der Waals surface area contributed by atoms with Gasteiger partial charge in [-0.05, 0) is 30.2 Å². The molecule has 0 radical (unpaired) electrons. The van der Waals surface area contributed by atoms with Gasteiger partial charge in [-0.15, -0.1) is 0 Å². The zero-order chi connectivity index (χ0) is 15.8. The standard InChI is InChI=1S/C17H13ClN2O2S/c18-12-5-6-13-15(9-12)22-17(19-13)23-10-16(21)20-8-7-11-3-1-2-4-14(11)20/h1-6,9H,7-8,10H2. The number of hydrogen-bond acceptors (Lipinski definition) is 4. The van der Waals surface area contributed by atoms with E-state index in [1.807, 2.05) is 29.2 Å². The average molecular weight is 345 g/mol. The van der Waals surface area contributed by atoms with Gasteiger partial charge in [-0.25, -0.2) is 4.98 Å². The van der Waals surface area contributed by atoms with E-state index in [1.165, 1.54) is 17.3 Å². The number of thioether (sulfide) groups is 1. The molecule has 0 aliphatic carbocycles. The molecule has 4 nitrogen and oxygen atoms in total. The van der Waals surface area contributed by atoms with Gasteiger partial charge in [-0.2, -0.15) is 0 Å². The third-order valence-electron chi connectivity index (χ3n) is 3.84. The molecule has 2 aromatic carbocycles. The topological polar surface area (TPSA) is 46.3 Å². The largest absolute Gasteiger partial charge is 0.431 e. The number of amides is 1. The van der Waals surface area contributed by atoms with Crippen LogP contribution in [0.4, 0.5) is 5.69 Å². The van der Waals surface area contributed by atoms with Crippen LogP contribution in [-0.4, -0.2) is 23.2 Å². The van der Waals surface area contributed by atoms with Gasteiger partial charge in [0.2, 0.25) is 5.91 Å². The van der Waals surface area contributed by atoms with E-state index in [0.717, 1.165) is 24.2 Å². The molecule has 1 aliphatic rings. The van der Waals surface area contributed by atoms with Gasteiger partial charge in [0, 0.05) is 23.3 Å². The lowest BCUT2D eigenvalue weighted by molar-refractivity contribution is -0.116. The molecule has 0 N–H and O–H groups in total. The molecule has 3 aromatic rings. The van der Waals surface area contributed by atoms with Crippen LogP contribution < -0.4 is 4.90 Å². The molecular formula is C17H13ClN2O2S. The maximum Gasteiger partial charge on any atom is 0.257 e. The van der Waals surface area contributed by atoms with E-state index in [1.54, 1.807) is 12.1 Å². The molecule has 0 spiro atoms. The lowest BCUT2D eigenvalue weighted by Gasteiger charge is -2.16. The van der Waals surface area contributed by atoms with E-state index in [2.05, 4.69) is 11.1 Å². The third-order valence-corrected chi connectivity index (χ3v) is 4.89. The van der Waals surface area contributed by atoms with E-state index in [9.17, 15) is 4.79 Å². The van der Waals surface area contributed by atoms with Gasteiger partial charge in [0.15, 0.2) is 5.58 Å². The molecule has 0 fully saturated rings. The Kier molecular flexibility index (Phi) is 3.75. The number of halogens is 1. The van der Waals surface area contributed by atoms with Crippen molar-refractivity contribution in [2.24, 2.45) is 0 Å². The monoisotopic (exact) mass is 344 g/mol. The summed E-state index contributed by atoms with van der Waals surface area (Å²) in [5.74, 6) is 0.370. The van der Waals surface area contributed by atoms with Crippen LogP contribution in [0, 0.1) is 0 Å². The smallest absolute Gasteiger partial charge is 0.257 e. The first-order valence-electron chi connectivity index (χ1n) is 7.28. The number of oxazole rings is 1. The van der Waals surface area contributed by atoms with Crippen LogP contribution in [0.1, 0.15) is 5.56 Å². The maximum atomic E-state index is 12.5. The fourth-order valence-electron chi connectivity index (χ4n) is 2.74. The van der Waals surface area contributed by atoms with Crippen molar-refractivity contribution in [2.75, 3.05) is 17.2 Å². The lowest BCUT2D eigenvalue weighted by atomic mass is 10.2. The average Bonchev–Trinajstić information content (AvgIpc) is 3.15. The Morgan fingerprint density at radius 1 is 1.30 bits per heavy atom. The van der Waals surface area contributed by atoms with Crippen molar-refractivity contribution in [3.8, 4) is 0 Å². The van der Waals surface area contributed by atoms with Gasteiger partial charge in [0.25, 0.3) is 5.22 Å². The summed E-state index contributed by atoms with van der Waals surface area (Å²) in [5.41, 5.74) is 3.62. The van der Waals surface area contributed by atoms with Crippen molar-refractivity contribution in [1.29, 1.82) is 0 Å². The number of nitrogens with zero attached hydrogens (tertiary/aromatic N) is 2. The Bertz CT molecular complexity index is 893. The van der Waals surface area contributed by atoms with E-state index >= 15 is 0 Å². The number of fused-ring (bicyclic) bond motifs is 2. The second-order valence-corrected chi connectivity index (χ2v) is 6.67. The number of carbonyl (C=O) groups is 1. The fourth-order valence-corrected chi connectivity index (χ4v) is 3.61. The first-order chi connectivity index (χ1) is 11.2. The van der Waals surface area contributed by atoms with Crippen LogP contribution in [0.3, 0.4) is 0 Å². The van der Waals surface area contributed by atoms with Gasteiger partial charge in [-0.3, -0.25) is 4.79 Å². The molecule has 6 heteroatoms. The Balaban J connectivity index is 1.47. The van der Waals surface area contributed by atoms with Crippen LogP contribution in [0.5, 0.6) is 0 Å². The van der Waals surface area contributed by atoms with Crippen molar-refractivity contribution in [3.63, 3.8) is 0 Å². The SMILES string of the molecule is O=C(CSc1nc2ccc(Cl)cc2o1)N1CCc2ccccc21. The Hall–Kier alpha value is -1.98. The fraction of sp³-hybridized carbons (Fsp3) is 0.176. The highest BCUT2D eigenvalue weighted by Gasteiger charge is 2.24. The minimum absolute atomic E-state index is 0.0697. The minimum atomic E-state index is 0.0697. The highest BCUT2D eigenvalue weighted by molar-refractivity contribution is 7.99. The summed E-state index contributed by atoms with van der Waals surface area (Å²) in [6.45, 7) is 0.738. The molecular weight excluding hydrogens is 332 g/mol. The molecule has 116 valence electrons. The third kappa shape index (κ3) is 2.82. The van der Waals surface area contributed by atoms with Crippen molar-refractivity contribution in [1.82, 2.24) is 4.98 Å². The highest BCUT2D eigenvalue weighted by atomic mass is 35.5. The zero-order valence-corrected chi connectivity index (χ0v) is 13.7. The van der Waals surface area contributed by atoms with Crippen LogP contribution in [-0.2, 0) is 11.2 Å². The summed E-state index contributed by atoms with van der Waals surface area (Å²) in [6.07, 6.45) is 0.911. The number of hydrogen-bond donors (Lipinski definition) is 0. The summed E-state index contributed by atoms with van der Waals surface area (Å²) in [5, 5.41) is 1.10. The van der Waals surface area contributed by atoms with Gasteiger partial charge in [0.1, 0.15) is 5.52 Å². The maximum absolute atomic E-state index is 12.5. The molecule has 1 aliphatic heterocycles. The Labute approximate surface area is 142 Å². The quantitative estimate of drug-likeness (QED) is 0.669. The first kappa shape index (κ1) is 14.6. The van der Waals surface area contributed by atoms with Gasteiger partial charge in [-0.1, -0.05) is 41.6 Å². The summed E-state index contributed by atoms with van der Waals surface area (Å²) in [4.78, 5) is 18.7. The summed E-state index contributed by atoms with van der Waals surface area (Å²) >= 11 is 7.24. The molecule has 1 aromatic heterocycles. The van der Waals surface area contributed by atoms with Crippen LogP contribution >= 0.6 is 23.4 Å². The normalized spacial score (nSPS) is 13.5. The van der Waals surface area contributed by atoms with Crippen molar-refractivity contribution >= 4 is 46.1 Å². The summed E-state index contributed by atoms with van der Waals surface area (Å²) in [7, 11) is 0. The minimum Gasteiger partial charge on any atom is -0.431 e. The van der Waals surface area contributed by atoms with Gasteiger partial charge >= 0.3 is 0 Å². The van der Waals surface area contributed by atoms with E-state index in [0.29, 0.717) is 21.6 Å². The highest BCUT2D eigenvalue weighted by Crippen LogP contribution is 2.30. The zero-order valence-electron chi connectivity index (χ0n) is 12.2. The molecule has 0 atom stereocenters. The Morgan fingerprint density at radius 3 is 3.09 bits per heavy atom. The van der Waals surface area contributed by atoms with Crippen molar-refractivity contribution < 1.29 is 9.21 Å². The predicted octanol–water partition coefficient (Wildman–Crippen LogP) is 4.16. The van der Waals surface area contributed by atoms with Gasteiger partial charge in [0.05, 0.1) is 5.75 Å². The molecule has 0 unspecified atom stereocenters. The van der Waals surface area contributed by atoms with Crippen molar-refractivity contribution in [2.45, 2.75) is 11.6 Å². The molecule has 1 amide bonds. The second-order valence-electron chi connectivity index (χ2n) is 5.30. The molecule has 0 saturated heterocycles. The number of benzene rings is 2. The number of para-hydroxylation sites is 1. The number of rotatable bonds is 3. The molecule has 23 heavy (non-hydrogen) atoms. The first-order valence-corrected chi connectivity index (χ1v) is 8.64. The van der Waals surface area contributed by atoms with Crippen molar-refractivity contribution in [3.05, 3.63) is 53.1 Å².